The lowest BCUT2D eigenvalue weighted by molar-refractivity contribution is 0.542. The molecule has 2 heterocycles. The molecule has 70 valence electrons. The Kier molecular flexibility index (Phi) is 2.17. The summed E-state index contributed by atoms with van der Waals surface area (Å²) in [5, 5.41) is 0. The molecule has 2 atom stereocenters. The van der Waals surface area contributed by atoms with Gasteiger partial charge < -0.3 is 4.90 Å². The molecule has 1 saturated heterocycles. The number of hydrogen-bond acceptors (Lipinski definition) is 3. The molecule has 0 amide bonds. The zero-order chi connectivity index (χ0) is 9.26. The van der Waals surface area contributed by atoms with Gasteiger partial charge in [-0.25, -0.2) is 9.97 Å². The molecule has 1 aliphatic rings. The number of hydrogen-bond donors (Lipinski definition) is 0. The molecule has 2 unspecified atom stereocenters. The van der Waals surface area contributed by atoms with Gasteiger partial charge in [-0.2, -0.15) is 0 Å². The molecule has 3 nitrogen and oxygen atoms in total. The molecule has 0 aliphatic carbocycles. The van der Waals surface area contributed by atoms with Crippen molar-refractivity contribution in [2.75, 3.05) is 11.4 Å². The van der Waals surface area contributed by atoms with Gasteiger partial charge in [-0.05, 0) is 25.3 Å². The molecule has 1 aliphatic heterocycles. The monoisotopic (exact) mass is 177 g/mol. The van der Waals surface area contributed by atoms with Crippen molar-refractivity contribution in [1.82, 2.24) is 9.97 Å². The van der Waals surface area contributed by atoms with E-state index in [1.54, 1.807) is 12.4 Å². The molecule has 1 aromatic heterocycles. The summed E-state index contributed by atoms with van der Waals surface area (Å²) in [5.41, 5.74) is 0. The van der Waals surface area contributed by atoms with E-state index in [0.29, 0.717) is 6.04 Å². The quantitative estimate of drug-likeness (QED) is 0.654. The first-order valence-corrected chi connectivity index (χ1v) is 4.82. The van der Waals surface area contributed by atoms with E-state index in [9.17, 15) is 0 Å². The average molecular weight is 177 g/mol. The second-order valence-electron chi connectivity index (χ2n) is 3.75. The van der Waals surface area contributed by atoms with Crippen LogP contribution < -0.4 is 4.90 Å². The maximum Gasteiger partial charge on any atom is 0.225 e. The predicted molar refractivity (Wildman–Crippen MR) is 52.6 cm³/mol. The minimum absolute atomic E-state index is 0.572. The summed E-state index contributed by atoms with van der Waals surface area (Å²) in [6, 6.07) is 2.43. The number of aromatic nitrogens is 2. The van der Waals surface area contributed by atoms with E-state index in [1.807, 2.05) is 6.07 Å². The van der Waals surface area contributed by atoms with Crippen LogP contribution in [0.25, 0.3) is 0 Å². The molecule has 0 spiro atoms. The van der Waals surface area contributed by atoms with E-state index in [-0.39, 0.29) is 0 Å². The van der Waals surface area contributed by atoms with Crippen molar-refractivity contribution in [3.8, 4) is 0 Å². The lowest BCUT2D eigenvalue weighted by Gasteiger charge is -2.22. The van der Waals surface area contributed by atoms with Crippen LogP contribution in [-0.4, -0.2) is 22.6 Å². The van der Waals surface area contributed by atoms with Gasteiger partial charge in [-0.1, -0.05) is 6.92 Å². The molecule has 2 rings (SSSR count). The fourth-order valence-corrected chi connectivity index (χ4v) is 1.82. The van der Waals surface area contributed by atoms with Crippen LogP contribution in [-0.2, 0) is 0 Å². The third kappa shape index (κ3) is 1.50. The Bertz CT molecular complexity index is 273. The van der Waals surface area contributed by atoms with Crippen LogP contribution in [0.15, 0.2) is 18.5 Å². The fourth-order valence-electron chi connectivity index (χ4n) is 1.82. The van der Waals surface area contributed by atoms with Gasteiger partial charge in [-0.3, -0.25) is 0 Å². The van der Waals surface area contributed by atoms with Crippen LogP contribution in [0.1, 0.15) is 20.3 Å². The van der Waals surface area contributed by atoms with Crippen LogP contribution in [0.4, 0.5) is 5.95 Å². The highest BCUT2D eigenvalue weighted by Crippen LogP contribution is 2.26. The standard InChI is InChI=1S/C10H15N3/c1-8-4-7-13(9(8)2)10-11-5-3-6-12-10/h3,5-6,8-9H,4,7H2,1-2H3. The molecule has 0 saturated carbocycles. The SMILES string of the molecule is CC1CCN(c2ncccn2)C1C. The Morgan fingerprint density at radius 3 is 2.54 bits per heavy atom. The molecule has 1 aromatic rings. The summed E-state index contributed by atoms with van der Waals surface area (Å²) in [6.07, 6.45) is 4.86. The Morgan fingerprint density at radius 1 is 1.31 bits per heavy atom. The van der Waals surface area contributed by atoms with Crippen molar-refractivity contribution in [1.29, 1.82) is 0 Å². The molecule has 3 heteroatoms. The summed E-state index contributed by atoms with van der Waals surface area (Å²) in [5.74, 6) is 1.63. The first-order chi connectivity index (χ1) is 6.29. The van der Waals surface area contributed by atoms with Gasteiger partial charge in [0.1, 0.15) is 0 Å². The topological polar surface area (TPSA) is 29.0 Å². The molecule has 1 fully saturated rings. The first-order valence-electron chi connectivity index (χ1n) is 4.82. The van der Waals surface area contributed by atoms with E-state index in [0.717, 1.165) is 18.4 Å². The summed E-state index contributed by atoms with van der Waals surface area (Å²) in [7, 11) is 0. The molecule has 13 heavy (non-hydrogen) atoms. The van der Waals surface area contributed by atoms with Gasteiger partial charge in [0.2, 0.25) is 5.95 Å². The Hall–Kier alpha value is -1.12. The van der Waals surface area contributed by atoms with Gasteiger partial charge in [-0.15, -0.1) is 0 Å². The van der Waals surface area contributed by atoms with Crippen molar-refractivity contribution in [3.05, 3.63) is 18.5 Å². The van der Waals surface area contributed by atoms with Crippen LogP contribution in [0.3, 0.4) is 0 Å². The molecule has 0 bridgehead atoms. The van der Waals surface area contributed by atoms with Gasteiger partial charge in [0, 0.05) is 25.0 Å². The molecule has 0 radical (unpaired) electrons. The average Bonchev–Trinajstić information content (AvgIpc) is 2.49. The first kappa shape index (κ1) is 8.48. The summed E-state index contributed by atoms with van der Waals surface area (Å²) in [6.45, 7) is 5.62. The minimum Gasteiger partial charge on any atom is -0.338 e. The minimum atomic E-state index is 0.572. The highest BCUT2D eigenvalue weighted by atomic mass is 15.3. The van der Waals surface area contributed by atoms with E-state index in [2.05, 4.69) is 28.7 Å². The maximum atomic E-state index is 4.26. The van der Waals surface area contributed by atoms with E-state index < -0.39 is 0 Å². The molecule has 0 N–H and O–H groups in total. The van der Waals surface area contributed by atoms with Crippen molar-refractivity contribution in [2.45, 2.75) is 26.3 Å². The normalized spacial score (nSPS) is 28.0. The van der Waals surface area contributed by atoms with Crippen molar-refractivity contribution >= 4 is 5.95 Å². The Labute approximate surface area is 78.8 Å². The van der Waals surface area contributed by atoms with Gasteiger partial charge in [0.15, 0.2) is 0 Å². The van der Waals surface area contributed by atoms with Crippen LogP contribution >= 0.6 is 0 Å². The Morgan fingerprint density at radius 2 is 2.00 bits per heavy atom. The smallest absolute Gasteiger partial charge is 0.225 e. The van der Waals surface area contributed by atoms with Crippen molar-refractivity contribution in [2.24, 2.45) is 5.92 Å². The zero-order valence-corrected chi connectivity index (χ0v) is 8.14. The zero-order valence-electron chi connectivity index (χ0n) is 8.14. The lowest BCUT2D eigenvalue weighted by atomic mass is 10.1. The van der Waals surface area contributed by atoms with Crippen molar-refractivity contribution < 1.29 is 0 Å². The number of rotatable bonds is 1. The van der Waals surface area contributed by atoms with E-state index in [1.165, 1.54) is 6.42 Å². The fraction of sp³-hybridized carbons (Fsp3) is 0.600. The summed E-state index contributed by atoms with van der Waals surface area (Å²) in [4.78, 5) is 10.8. The highest BCUT2D eigenvalue weighted by Gasteiger charge is 2.28. The van der Waals surface area contributed by atoms with Crippen LogP contribution in [0.2, 0.25) is 0 Å². The summed E-state index contributed by atoms with van der Waals surface area (Å²) >= 11 is 0. The van der Waals surface area contributed by atoms with Gasteiger partial charge >= 0.3 is 0 Å². The summed E-state index contributed by atoms with van der Waals surface area (Å²) < 4.78 is 0. The lowest BCUT2D eigenvalue weighted by Crippen LogP contribution is -2.30. The van der Waals surface area contributed by atoms with Gasteiger partial charge in [0.05, 0.1) is 0 Å². The second-order valence-corrected chi connectivity index (χ2v) is 3.75. The van der Waals surface area contributed by atoms with Crippen LogP contribution in [0.5, 0.6) is 0 Å². The third-order valence-electron chi connectivity index (χ3n) is 2.95. The number of anilines is 1. The predicted octanol–water partition coefficient (Wildman–Crippen LogP) is 1.71. The molecular weight excluding hydrogens is 162 g/mol. The third-order valence-corrected chi connectivity index (χ3v) is 2.95. The van der Waals surface area contributed by atoms with Crippen LogP contribution in [0, 0.1) is 5.92 Å². The van der Waals surface area contributed by atoms with Crippen molar-refractivity contribution in [3.63, 3.8) is 0 Å². The highest BCUT2D eigenvalue weighted by molar-refractivity contribution is 5.32. The largest absolute Gasteiger partial charge is 0.338 e. The second kappa shape index (κ2) is 3.32. The number of nitrogens with zero attached hydrogens (tertiary/aromatic N) is 3. The van der Waals surface area contributed by atoms with Gasteiger partial charge in [0.25, 0.3) is 0 Å². The Balaban J connectivity index is 2.19. The molecular formula is C10H15N3. The van der Waals surface area contributed by atoms with E-state index in [4.69, 9.17) is 0 Å². The van der Waals surface area contributed by atoms with E-state index >= 15 is 0 Å². The molecule has 0 aromatic carbocycles. The maximum absolute atomic E-state index is 4.26.